The first-order chi connectivity index (χ1) is 12.1. The van der Waals surface area contributed by atoms with Gasteiger partial charge in [0.2, 0.25) is 5.91 Å². The highest BCUT2D eigenvalue weighted by molar-refractivity contribution is 5.94. The number of cyclic esters (lactones) is 1. The van der Waals surface area contributed by atoms with E-state index in [4.69, 9.17) is 4.74 Å². The van der Waals surface area contributed by atoms with Crippen molar-refractivity contribution in [2.24, 2.45) is 0 Å². The summed E-state index contributed by atoms with van der Waals surface area (Å²) in [7, 11) is 0. The lowest BCUT2D eigenvalue weighted by Gasteiger charge is -2.33. The summed E-state index contributed by atoms with van der Waals surface area (Å²) in [4.78, 5) is 26.6. The molecular weight excluding hydrogens is 316 g/mol. The van der Waals surface area contributed by atoms with Gasteiger partial charge in [-0.25, -0.2) is 0 Å². The number of esters is 1. The fraction of sp³-hybridized carbons (Fsp3) is 0.300. The van der Waals surface area contributed by atoms with Gasteiger partial charge < -0.3 is 10.1 Å². The molecule has 1 N–H and O–H groups in total. The van der Waals surface area contributed by atoms with E-state index in [9.17, 15) is 9.59 Å². The molecule has 0 saturated carbocycles. The van der Waals surface area contributed by atoms with E-state index in [0.717, 1.165) is 16.8 Å². The number of hydrogen-bond donors (Lipinski definition) is 1. The number of hydrogen-bond acceptors (Lipinski definition) is 4. The van der Waals surface area contributed by atoms with Gasteiger partial charge in [-0.2, -0.15) is 0 Å². The molecule has 3 rings (SSSR count). The van der Waals surface area contributed by atoms with Crippen LogP contribution in [0.2, 0.25) is 0 Å². The van der Waals surface area contributed by atoms with E-state index in [-0.39, 0.29) is 18.3 Å². The van der Waals surface area contributed by atoms with Gasteiger partial charge in [-0.05, 0) is 24.6 Å². The van der Waals surface area contributed by atoms with Gasteiger partial charge >= 0.3 is 5.97 Å². The Labute approximate surface area is 147 Å². The molecular formula is C20H22N2O3. The topological polar surface area (TPSA) is 58.6 Å². The third-order valence-electron chi connectivity index (χ3n) is 4.28. The monoisotopic (exact) mass is 338 g/mol. The minimum Gasteiger partial charge on any atom is -0.463 e. The molecule has 1 amide bonds. The number of amides is 1. The molecule has 0 aromatic heterocycles. The lowest BCUT2D eigenvalue weighted by molar-refractivity contribution is -0.159. The van der Waals surface area contributed by atoms with Gasteiger partial charge in [-0.1, -0.05) is 48.0 Å². The van der Waals surface area contributed by atoms with E-state index in [1.807, 2.05) is 66.4 Å². The molecule has 2 aromatic carbocycles. The van der Waals surface area contributed by atoms with E-state index >= 15 is 0 Å². The lowest BCUT2D eigenvalue weighted by atomic mass is 10.1. The van der Waals surface area contributed by atoms with Crippen molar-refractivity contribution in [3.63, 3.8) is 0 Å². The Bertz CT molecular complexity index is 728. The Morgan fingerprint density at radius 3 is 2.60 bits per heavy atom. The number of nitrogens with zero attached hydrogens (tertiary/aromatic N) is 1. The minimum absolute atomic E-state index is 0.0829. The Morgan fingerprint density at radius 2 is 1.88 bits per heavy atom. The first-order valence-corrected chi connectivity index (χ1v) is 8.43. The van der Waals surface area contributed by atoms with E-state index < -0.39 is 6.04 Å². The van der Waals surface area contributed by atoms with Crippen LogP contribution in [-0.2, 0) is 20.9 Å². The van der Waals surface area contributed by atoms with Gasteiger partial charge in [0.25, 0.3) is 0 Å². The minimum atomic E-state index is -0.556. The molecule has 0 bridgehead atoms. The fourth-order valence-electron chi connectivity index (χ4n) is 2.91. The number of carbonyl (C=O) groups excluding carboxylic acids is 2. The van der Waals surface area contributed by atoms with E-state index in [1.54, 1.807) is 0 Å². The summed E-state index contributed by atoms with van der Waals surface area (Å²) in [5.74, 6) is -0.521. The molecule has 5 nitrogen and oxygen atoms in total. The lowest BCUT2D eigenvalue weighted by Crippen LogP contribution is -2.49. The maximum atomic E-state index is 12.4. The molecule has 0 aliphatic carbocycles. The molecule has 0 spiro atoms. The van der Waals surface area contributed by atoms with Crippen LogP contribution in [0.5, 0.6) is 0 Å². The standard InChI is InChI=1S/C20H22N2O3/c1-15-7-9-17(10-8-15)21-19(23)13-18-20(24)25-12-11-22(18)14-16-5-3-2-4-6-16/h2-10,18H,11-14H2,1H3,(H,21,23)/t18-/m1/s1. The van der Waals surface area contributed by atoms with Crippen molar-refractivity contribution >= 4 is 17.6 Å². The van der Waals surface area contributed by atoms with Gasteiger partial charge in [0.05, 0.1) is 6.42 Å². The van der Waals surface area contributed by atoms with Crippen molar-refractivity contribution in [3.05, 3.63) is 65.7 Å². The van der Waals surface area contributed by atoms with Crippen LogP contribution in [0.25, 0.3) is 0 Å². The molecule has 0 unspecified atom stereocenters. The molecule has 0 radical (unpaired) electrons. The van der Waals surface area contributed by atoms with Gasteiger partial charge in [0.1, 0.15) is 12.6 Å². The summed E-state index contributed by atoms with van der Waals surface area (Å²) in [6, 6.07) is 17.0. The van der Waals surface area contributed by atoms with Crippen LogP contribution in [0, 0.1) is 6.92 Å². The highest BCUT2D eigenvalue weighted by Gasteiger charge is 2.33. The molecule has 1 aliphatic rings. The molecule has 1 atom stereocenters. The van der Waals surface area contributed by atoms with Crippen molar-refractivity contribution in [1.82, 2.24) is 4.90 Å². The summed E-state index contributed by atoms with van der Waals surface area (Å²) >= 11 is 0. The predicted molar refractivity (Wildman–Crippen MR) is 96.0 cm³/mol. The van der Waals surface area contributed by atoms with Crippen molar-refractivity contribution in [1.29, 1.82) is 0 Å². The predicted octanol–water partition coefficient (Wildman–Crippen LogP) is 2.75. The second-order valence-electron chi connectivity index (χ2n) is 6.26. The van der Waals surface area contributed by atoms with Crippen molar-refractivity contribution < 1.29 is 14.3 Å². The molecule has 1 fully saturated rings. The smallest absolute Gasteiger partial charge is 0.323 e. The van der Waals surface area contributed by atoms with Crippen molar-refractivity contribution in [2.75, 3.05) is 18.5 Å². The maximum Gasteiger partial charge on any atom is 0.323 e. The summed E-state index contributed by atoms with van der Waals surface area (Å²) in [6.07, 6.45) is 0.0829. The number of anilines is 1. The summed E-state index contributed by atoms with van der Waals surface area (Å²) < 4.78 is 5.16. The van der Waals surface area contributed by atoms with Crippen LogP contribution in [0.4, 0.5) is 5.69 Å². The molecule has 1 heterocycles. The van der Waals surface area contributed by atoms with Gasteiger partial charge in [-0.15, -0.1) is 0 Å². The van der Waals surface area contributed by atoms with Crippen LogP contribution in [0.3, 0.4) is 0 Å². The highest BCUT2D eigenvalue weighted by Crippen LogP contribution is 2.17. The van der Waals surface area contributed by atoms with Crippen molar-refractivity contribution in [2.45, 2.75) is 25.9 Å². The number of morpholine rings is 1. The number of benzene rings is 2. The maximum absolute atomic E-state index is 12.4. The summed E-state index contributed by atoms with van der Waals surface area (Å²) in [6.45, 7) is 3.61. The normalized spacial score (nSPS) is 17.8. The van der Waals surface area contributed by atoms with Crippen LogP contribution >= 0.6 is 0 Å². The van der Waals surface area contributed by atoms with Gasteiger partial charge in [0, 0.05) is 18.8 Å². The Hall–Kier alpha value is -2.66. The third-order valence-corrected chi connectivity index (χ3v) is 4.28. The highest BCUT2D eigenvalue weighted by atomic mass is 16.5. The Kier molecular flexibility index (Phi) is 5.46. The van der Waals surface area contributed by atoms with Crippen molar-refractivity contribution in [3.8, 4) is 0 Å². The number of ether oxygens (including phenoxy) is 1. The summed E-state index contributed by atoms with van der Waals surface area (Å²) in [5, 5.41) is 2.85. The van der Waals surface area contributed by atoms with Crippen LogP contribution in [-0.4, -0.2) is 36.0 Å². The quantitative estimate of drug-likeness (QED) is 0.852. The zero-order valence-corrected chi connectivity index (χ0v) is 14.3. The zero-order valence-electron chi connectivity index (χ0n) is 14.3. The average Bonchev–Trinajstić information content (AvgIpc) is 2.61. The molecule has 25 heavy (non-hydrogen) atoms. The van der Waals surface area contributed by atoms with Crippen LogP contribution in [0.15, 0.2) is 54.6 Å². The SMILES string of the molecule is Cc1ccc(NC(=O)C[C@@H]2C(=O)OCCN2Cc2ccccc2)cc1. The summed E-state index contributed by atoms with van der Waals surface area (Å²) in [5.41, 5.74) is 2.97. The molecule has 5 heteroatoms. The number of nitrogens with one attached hydrogen (secondary N) is 1. The first-order valence-electron chi connectivity index (χ1n) is 8.43. The molecule has 130 valence electrons. The van der Waals surface area contributed by atoms with E-state index in [2.05, 4.69) is 5.32 Å². The Morgan fingerprint density at radius 1 is 1.16 bits per heavy atom. The largest absolute Gasteiger partial charge is 0.463 e. The fourth-order valence-corrected chi connectivity index (χ4v) is 2.91. The molecule has 2 aromatic rings. The second kappa shape index (κ2) is 7.94. The number of rotatable bonds is 5. The van der Waals surface area contributed by atoms with E-state index in [1.165, 1.54) is 0 Å². The first kappa shape index (κ1) is 17.2. The third kappa shape index (κ3) is 4.67. The second-order valence-corrected chi connectivity index (χ2v) is 6.26. The van der Waals surface area contributed by atoms with Crippen LogP contribution in [0.1, 0.15) is 17.5 Å². The van der Waals surface area contributed by atoms with Crippen LogP contribution < -0.4 is 5.32 Å². The molecule has 1 aliphatic heterocycles. The Balaban J connectivity index is 1.65. The van der Waals surface area contributed by atoms with Gasteiger partial charge in [0.15, 0.2) is 0 Å². The molecule has 1 saturated heterocycles. The average molecular weight is 338 g/mol. The zero-order chi connectivity index (χ0) is 17.6. The number of carbonyl (C=O) groups is 2. The van der Waals surface area contributed by atoms with E-state index in [0.29, 0.717) is 19.7 Å². The number of aryl methyl sites for hydroxylation is 1. The van der Waals surface area contributed by atoms with Gasteiger partial charge in [-0.3, -0.25) is 14.5 Å².